The Balaban J connectivity index is 1.60. The summed E-state index contributed by atoms with van der Waals surface area (Å²) in [5, 5.41) is 22.6. The fourth-order valence-corrected chi connectivity index (χ4v) is 3.20. The molecule has 0 saturated heterocycles. The second-order valence-corrected chi connectivity index (χ2v) is 6.54. The number of benzene rings is 3. The van der Waals surface area contributed by atoms with Crippen LogP contribution in [0.25, 0.3) is 0 Å². The van der Waals surface area contributed by atoms with Crippen LogP contribution in [-0.4, -0.2) is 16.8 Å². The van der Waals surface area contributed by atoms with Gasteiger partial charge in [-0.1, -0.05) is 54.6 Å². The van der Waals surface area contributed by atoms with Crippen molar-refractivity contribution in [2.45, 2.75) is 25.3 Å². The van der Waals surface area contributed by atoms with E-state index in [0.29, 0.717) is 0 Å². The van der Waals surface area contributed by atoms with E-state index in [1.807, 2.05) is 30.3 Å². The van der Waals surface area contributed by atoms with Crippen molar-refractivity contribution < 1.29 is 10.2 Å². The van der Waals surface area contributed by atoms with Crippen LogP contribution in [0.2, 0.25) is 0 Å². The van der Waals surface area contributed by atoms with E-state index in [4.69, 9.17) is 0 Å². The van der Waals surface area contributed by atoms with Crippen LogP contribution in [0.5, 0.6) is 11.5 Å². The molecule has 134 valence electrons. The molecule has 0 radical (unpaired) electrons. The third-order valence-electron chi connectivity index (χ3n) is 4.61. The molecule has 0 aliphatic carbocycles. The second-order valence-electron chi connectivity index (χ2n) is 6.54. The standard InChI is InChI=1S/C23H25NO2/c25-21-12-8-19(9-13-21)23(20-10-14-22(26)15-11-20)7-4-16-24-17-18-5-2-1-3-6-18/h1-3,5-6,8-15,23-26H,4,7,16-17H2. The molecule has 0 spiro atoms. The Morgan fingerprint density at radius 3 is 1.77 bits per heavy atom. The Bertz CT molecular complexity index is 737. The Morgan fingerprint density at radius 2 is 1.23 bits per heavy atom. The molecule has 0 fully saturated rings. The number of nitrogens with one attached hydrogen (secondary N) is 1. The van der Waals surface area contributed by atoms with E-state index < -0.39 is 0 Å². The summed E-state index contributed by atoms with van der Waals surface area (Å²) in [5.41, 5.74) is 3.65. The van der Waals surface area contributed by atoms with Gasteiger partial charge in [-0.2, -0.15) is 0 Å². The molecule has 0 saturated carbocycles. The minimum Gasteiger partial charge on any atom is -0.508 e. The van der Waals surface area contributed by atoms with Crippen molar-refractivity contribution in [1.82, 2.24) is 5.32 Å². The Labute approximate surface area is 155 Å². The van der Waals surface area contributed by atoms with Gasteiger partial charge in [0, 0.05) is 12.5 Å². The van der Waals surface area contributed by atoms with Crippen LogP contribution in [-0.2, 0) is 6.54 Å². The van der Waals surface area contributed by atoms with Crippen LogP contribution < -0.4 is 5.32 Å². The third kappa shape index (κ3) is 5.11. The molecule has 0 aliphatic rings. The Hall–Kier alpha value is -2.78. The fraction of sp³-hybridized carbons (Fsp3) is 0.217. The SMILES string of the molecule is Oc1ccc(C(CCCNCc2ccccc2)c2ccc(O)cc2)cc1. The zero-order chi connectivity index (χ0) is 18.2. The van der Waals surface area contributed by atoms with Crippen molar-refractivity contribution in [1.29, 1.82) is 0 Å². The first-order valence-electron chi connectivity index (χ1n) is 9.05. The van der Waals surface area contributed by atoms with Crippen molar-refractivity contribution in [3.05, 3.63) is 95.6 Å². The molecule has 26 heavy (non-hydrogen) atoms. The van der Waals surface area contributed by atoms with E-state index in [0.717, 1.165) is 25.9 Å². The fourth-order valence-electron chi connectivity index (χ4n) is 3.20. The van der Waals surface area contributed by atoms with E-state index in [-0.39, 0.29) is 17.4 Å². The largest absolute Gasteiger partial charge is 0.508 e. The molecule has 0 heterocycles. The summed E-state index contributed by atoms with van der Waals surface area (Å²) in [6.45, 7) is 1.82. The molecule has 3 rings (SSSR count). The summed E-state index contributed by atoms with van der Waals surface area (Å²) in [6, 6.07) is 25.2. The minimum absolute atomic E-state index is 0.245. The number of phenolic OH excluding ortho intramolecular Hbond substituents is 2. The molecule has 0 aliphatic heterocycles. The van der Waals surface area contributed by atoms with Crippen LogP contribution in [0.3, 0.4) is 0 Å². The minimum atomic E-state index is 0.245. The van der Waals surface area contributed by atoms with Gasteiger partial charge >= 0.3 is 0 Å². The summed E-state index contributed by atoms with van der Waals surface area (Å²) in [6.07, 6.45) is 2.04. The molecule has 3 aromatic carbocycles. The maximum Gasteiger partial charge on any atom is 0.115 e. The van der Waals surface area contributed by atoms with Gasteiger partial charge in [-0.25, -0.2) is 0 Å². The summed E-state index contributed by atoms with van der Waals surface area (Å²) >= 11 is 0. The maximum absolute atomic E-state index is 9.56. The molecule has 3 N–H and O–H groups in total. The molecule has 0 atom stereocenters. The molecule has 0 bridgehead atoms. The molecule has 0 unspecified atom stereocenters. The first-order valence-corrected chi connectivity index (χ1v) is 9.05. The lowest BCUT2D eigenvalue weighted by Gasteiger charge is -2.18. The van der Waals surface area contributed by atoms with Crippen molar-refractivity contribution in [3.63, 3.8) is 0 Å². The van der Waals surface area contributed by atoms with E-state index in [1.165, 1.54) is 16.7 Å². The van der Waals surface area contributed by atoms with Crippen molar-refractivity contribution in [2.75, 3.05) is 6.54 Å². The number of hydrogen-bond acceptors (Lipinski definition) is 3. The van der Waals surface area contributed by atoms with Gasteiger partial charge < -0.3 is 15.5 Å². The number of phenols is 2. The highest BCUT2D eigenvalue weighted by atomic mass is 16.3. The Kier molecular flexibility index (Phi) is 6.29. The highest BCUT2D eigenvalue weighted by Gasteiger charge is 2.14. The predicted molar refractivity (Wildman–Crippen MR) is 105 cm³/mol. The van der Waals surface area contributed by atoms with Crippen LogP contribution >= 0.6 is 0 Å². The molecule has 0 aromatic heterocycles. The highest BCUT2D eigenvalue weighted by Crippen LogP contribution is 2.31. The van der Waals surface area contributed by atoms with Gasteiger partial charge in [-0.15, -0.1) is 0 Å². The lowest BCUT2D eigenvalue weighted by atomic mass is 9.87. The monoisotopic (exact) mass is 347 g/mol. The first-order chi connectivity index (χ1) is 12.7. The van der Waals surface area contributed by atoms with Gasteiger partial charge in [0.25, 0.3) is 0 Å². The zero-order valence-electron chi connectivity index (χ0n) is 14.8. The predicted octanol–water partition coefficient (Wildman–Crippen LogP) is 4.80. The van der Waals surface area contributed by atoms with Gasteiger partial charge in [0.05, 0.1) is 0 Å². The molecule has 3 heteroatoms. The van der Waals surface area contributed by atoms with Gasteiger partial charge in [0.2, 0.25) is 0 Å². The normalized spacial score (nSPS) is 11.0. The van der Waals surface area contributed by atoms with E-state index >= 15 is 0 Å². The van der Waals surface area contributed by atoms with Crippen LogP contribution in [0.1, 0.15) is 35.4 Å². The molecular weight excluding hydrogens is 322 g/mol. The summed E-state index contributed by atoms with van der Waals surface area (Å²) < 4.78 is 0. The molecule has 0 amide bonds. The molecular formula is C23H25NO2. The highest BCUT2D eigenvalue weighted by molar-refractivity contribution is 5.37. The third-order valence-corrected chi connectivity index (χ3v) is 4.61. The zero-order valence-corrected chi connectivity index (χ0v) is 14.8. The van der Waals surface area contributed by atoms with E-state index in [9.17, 15) is 10.2 Å². The average Bonchev–Trinajstić information content (AvgIpc) is 2.67. The smallest absolute Gasteiger partial charge is 0.115 e. The van der Waals surface area contributed by atoms with Crippen molar-refractivity contribution in [2.24, 2.45) is 0 Å². The summed E-state index contributed by atoms with van der Waals surface area (Å²) in [5.74, 6) is 0.806. The van der Waals surface area contributed by atoms with Crippen molar-refractivity contribution >= 4 is 0 Å². The first kappa shape index (κ1) is 18.0. The lowest BCUT2D eigenvalue weighted by molar-refractivity contribution is 0.474. The quantitative estimate of drug-likeness (QED) is 0.513. The Morgan fingerprint density at radius 1 is 0.692 bits per heavy atom. The number of aromatic hydroxyl groups is 2. The van der Waals surface area contributed by atoms with Gasteiger partial charge in [0.1, 0.15) is 11.5 Å². The van der Waals surface area contributed by atoms with Crippen LogP contribution in [0, 0.1) is 0 Å². The summed E-state index contributed by atoms with van der Waals surface area (Å²) in [7, 11) is 0. The number of rotatable bonds is 8. The topological polar surface area (TPSA) is 52.5 Å². The van der Waals surface area contributed by atoms with Crippen molar-refractivity contribution in [3.8, 4) is 11.5 Å². The average molecular weight is 347 g/mol. The molecule has 3 aromatic rings. The van der Waals surface area contributed by atoms with Gasteiger partial charge in [-0.3, -0.25) is 0 Å². The summed E-state index contributed by atoms with van der Waals surface area (Å²) in [4.78, 5) is 0. The molecule has 3 nitrogen and oxygen atoms in total. The van der Waals surface area contributed by atoms with E-state index in [2.05, 4.69) is 29.6 Å². The number of hydrogen-bond donors (Lipinski definition) is 3. The van der Waals surface area contributed by atoms with Gasteiger partial charge in [-0.05, 0) is 60.3 Å². The van der Waals surface area contributed by atoms with Crippen LogP contribution in [0.4, 0.5) is 0 Å². The maximum atomic E-state index is 9.56. The van der Waals surface area contributed by atoms with Crippen LogP contribution in [0.15, 0.2) is 78.9 Å². The van der Waals surface area contributed by atoms with E-state index in [1.54, 1.807) is 24.3 Å². The lowest BCUT2D eigenvalue weighted by Crippen LogP contribution is -2.15. The second kappa shape index (κ2) is 9.07. The van der Waals surface area contributed by atoms with Gasteiger partial charge in [0.15, 0.2) is 0 Å².